The van der Waals surface area contributed by atoms with Gasteiger partial charge < -0.3 is 24.6 Å². The lowest BCUT2D eigenvalue weighted by atomic mass is 9.76. The van der Waals surface area contributed by atoms with Crippen LogP contribution in [0.4, 0.5) is 0 Å². The van der Waals surface area contributed by atoms with Gasteiger partial charge >= 0.3 is 7.12 Å². The van der Waals surface area contributed by atoms with Crippen LogP contribution in [0.15, 0.2) is 18.2 Å². The summed E-state index contributed by atoms with van der Waals surface area (Å²) in [6.45, 7) is 10.3. The number of phenols is 1. The first-order valence-electron chi connectivity index (χ1n) is 7.02. The molecule has 0 bridgehead atoms. The molecule has 0 heterocycles. The van der Waals surface area contributed by atoms with Crippen molar-refractivity contribution in [2.24, 2.45) is 0 Å². The molecule has 0 radical (unpaired) electrons. The van der Waals surface area contributed by atoms with E-state index in [1.54, 1.807) is 33.8 Å². The molecule has 1 aromatic rings. The first kappa shape index (κ1) is 17.8. The Labute approximate surface area is 126 Å². The summed E-state index contributed by atoms with van der Waals surface area (Å²) in [4.78, 5) is 0. The Morgan fingerprint density at radius 1 is 1.14 bits per heavy atom. The Bertz CT molecular complexity index is 479. The van der Waals surface area contributed by atoms with Crippen molar-refractivity contribution in [2.75, 3.05) is 0 Å². The lowest BCUT2D eigenvalue weighted by Crippen LogP contribution is -2.53. The van der Waals surface area contributed by atoms with Gasteiger partial charge in [0.15, 0.2) is 11.5 Å². The van der Waals surface area contributed by atoms with Crippen molar-refractivity contribution in [3.63, 3.8) is 0 Å². The molecule has 0 aliphatic rings. The fraction of sp³-hybridized carbons (Fsp3) is 0.600. The molecule has 0 aromatic heterocycles. The van der Waals surface area contributed by atoms with Crippen LogP contribution >= 0.6 is 0 Å². The molecule has 0 amide bonds. The molecule has 0 aliphatic heterocycles. The summed E-state index contributed by atoms with van der Waals surface area (Å²) < 4.78 is 11.0. The second-order valence-electron chi connectivity index (χ2n) is 6.43. The van der Waals surface area contributed by atoms with Crippen molar-refractivity contribution >= 4 is 12.6 Å². The van der Waals surface area contributed by atoms with Gasteiger partial charge in [-0.25, -0.2) is 0 Å². The first-order chi connectivity index (χ1) is 9.44. The minimum absolute atomic E-state index is 0.00129. The number of hydrogen-bond acceptors (Lipinski definition) is 5. The summed E-state index contributed by atoms with van der Waals surface area (Å²) >= 11 is 0. The van der Waals surface area contributed by atoms with E-state index >= 15 is 0 Å². The number of rotatable bonds is 6. The van der Waals surface area contributed by atoms with Gasteiger partial charge in [0.1, 0.15) is 0 Å². The summed E-state index contributed by atoms with van der Waals surface area (Å²) in [6, 6.07) is 4.52. The highest BCUT2D eigenvalue weighted by Crippen LogP contribution is 2.27. The number of phenolic OH excluding ortho intramolecular Hbond substituents is 1. The predicted molar refractivity (Wildman–Crippen MR) is 82.9 cm³/mol. The molecule has 0 fully saturated rings. The molecule has 0 saturated heterocycles. The third kappa shape index (κ3) is 4.63. The van der Waals surface area contributed by atoms with Crippen LogP contribution < -0.4 is 10.2 Å². The van der Waals surface area contributed by atoms with E-state index < -0.39 is 18.3 Å². The van der Waals surface area contributed by atoms with Gasteiger partial charge in [-0.15, -0.1) is 0 Å². The van der Waals surface area contributed by atoms with Crippen molar-refractivity contribution in [2.45, 2.75) is 58.8 Å². The Balaban J connectivity index is 2.95. The molecular weight excluding hydrogens is 271 g/mol. The van der Waals surface area contributed by atoms with Gasteiger partial charge in [0.2, 0.25) is 0 Å². The van der Waals surface area contributed by atoms with E-state index in [0.29, 0.717) is 5.46 Å². The van der Waals surface area contributed by atoms with Crippen LogP contribution in [-0.2, 0) is 4.65 Å². The van der Waals surface area contributed by atoms with Crippen LogP contribution in [0.2, 0.25) is 0 Å². The molecule has 3 N–H and O–H groups in total. The molecule has 118 valence electrons. The summed E-state index contributed by atoms with van der Waals surface area (Å²) in [5.74, 6) is 0.285. The Kier molecular flexibility index (Phi) is 5.31. The van der Waals surface area contributed by atoms with Gasteiger partial charge in [0.25, 0.3) is 0 Å². The summed E-state index contributed by atoms with van der Waals surface area (Å²) in [7, 11) is -1.23. The minimum Gasteiger partial charge on any atom is -0.504 e. The van der Waals surface area contributed by atoms with Crippen LogP contribution in [0, 0.1) is 0 Å². The minimum atomic E-state index is -1.23. The van der Waals surface area contributed by atoms with Crippen molar-refractivity contribution in [1.29, 1.82) is 0 Å². The second kappa shape index (κ2) is 6.26. The number of ether oxygens (including phenoxy) is 1. The van der Waals surface area contributed by atoms with Gasteiger partial charge in [-0.2, -0.15) is 0 Å². The number of aromatic hydroxyl groups is 1. The van der Waals surface area contributed by atoms with Crippen molar-refractivity contribution < 1.29 is 24.6 Å². The molecule has 0 atom stereocenters. The summed E-state index contributed by atoms with van der Waals surface area (Å²) in [5.41, 5.74) is -1.63. The highest BCUT2D eigenvalue weighted by molar-refractivity contribution is 6.60. The van der Waals surface area contributed by atoms with Crippen molar-refractivity contribution in [3.8, 4) is 11.5 Å². The van der Waals surface area contributed by atoms with Crippen molar-refractivity contribution in [1.82, 2.24) is 0 Å². The average molecular weight is 296 g/mol. The largest absolute Gasteiger partial charge is 0.504 e. The van der Waals surface area contributed by atoms with Gasteiger partial charge in [-0.3, -0.25) is 0 Å². The molecule has 1 aromatic carbocycles. The summed E-state index contributed by atoms with van der Waals surface area (Å²) in [5, 5.41) is 30.0. The molecule has 5 nitrogen and oxygen atoms in total. The van der Waals surface area contributed by atoms with Gasteiger partial charge in [-0.1, -0.05) is 6.07 Å². The van der Waals surface area contributed by atoms with E-state index in [4.69, 9.17) is 9.39 Å². The average Bonchev–Trinajstić information content (AvgIpc) is 2.29. The van der Waals surface area contributed by atoms with Crippen molar-refractivity contribution in [3.05, 3.63) is 18.2 Å². The zero-order valence-electron chi connectivity index (χ0n) is 13.5. The summed E-state index contributed by atoms with van der Waals surface area (Å²) in [6.07, 6.45) is -0.1000. The molecule has 0 unspecified atom stereocenters. The van der Waals surface area contributed by atoms with Crippen LogP contribution in [0.1, 0.15) is 41.5 Å². The molecule has 6 heteroatoms. The molecule has 21 heavy (non-hydrogen) atoms. The van der Waals surface area contributed by atoms with Crippen LogP contribution in [0.5, 0.6) is 11.5 Å². The molecule has 0 aliphatic carbocycles. The highest BCUT2D eigenvalue weighted by Gasteiger charge is 2.39. The third-order valence-corrected chi connectivity index (χ3v) is 3.51. The first-order valence-corrected chi connectivity index (χ1v) is 7.02. The standard InChI is InChI=1S/C15H25BO5/c1-10(2)20-13-9-11(7-8-12(13)17)16(19)21-15(5,6)14(3,4)18/h7-10,17-19H,1-6H3. The third-order valence-electron chi connectivity index (χ3n) is 3.51. The zero-order chi connectivity index (χ0) is 16.4. The molecular formula is C15H25BO5. The quantitative estimate of drug-likeness (QED) is 0.692. The maximum absolute atomic E-state index is 10.2. The number of aliphatic hydroxyl groups is 1. The maximum Gasteiger partial charge on any atom is 0.491 e. The number of benzene rings is 1. The SMILES string of the molecule is CC(C)Oc1cc(B(O)OC(C)(C)C(C)(C)O)ccc1O. The molecule has 0 saturated carbocycles. The van der Waals surface area contributed by atoms with Gasteiger partial charge in [-0.05, 0) is 59.1 Å². The monoisotopic (exact) mass is 296 g/mol. The molecule has 0 spiro atoms. The second-order valence-corrected chi connectivity index (χ2v) is 6.43. The Morgan fingerprint density at radius 3 is 2.19 bits per heavy atom. The van der Waals surface area contributed by atoms with Crippen LogP contribution in [0.3, 0.4) is 0 Å². The topological polar surface area (TPSA) is 79.2 Å². The Morgan fingerprint density at radius 2 is 1.71 bits per heavy atom. The zero-order valence-corrected chi connectivity index (χ0v) is 13.5. The lowest BCUT2D eigenvalue weighted by molar-refractivity contribution is -0.0982. The fourth-order valence-corrected chi connectivity index (χ4v) is 1.52. The van der Waals surface area contributed by atoms with E-state index in [1.807, 2.05) is 13.8 Å². The van der Waals surface area contributed by atoms with E-state index in [2.05, 4.69) is 0 Å². The van der Waals surface area contributed by atoms with Gasteiger partial charge in [0, 0.05) is 0 Å². The van der Waals surface area contributed by atoms with Crippen LogP contribution in [0.25, 0.3) is 0 Å². The van der Waals surface area contributed by atoms with E-state index in [0.717, 1.165) is 0 Å². The Hall–Kier alpha value is -1.24. The highest BCUT2D eigenvalue weighted by atomic mass is 16.5. The van der Waals surface area contributed by atoms with E-state index in [-0.39, 0.29) is 17.6 Å². The van der Waals surface area contributed by atoms with Crippen LogP contribution in [-0.4, -0.2) is 39.7 Å². The number of hydrogen-bond donors (Lipinski definition) is 3. The maximum atomic E-state index is 10.2. The van der Waals surface area contributed by atoms with Gasteiger partial charge in [0.05, 0.1) is 17.3 Å². The molecule has 1 rings (SSSR count). The van der Waals surface area contributed by atoms with E-state index in [9.17, 15) is 15.2 Å². The normalized spacial score (nSPS) is 12.6. The lowest BCUT2D eigenvalue weighted by Gasteiger charge is -2.38. The fourth-order valence-electron chi connectivity index (χ4n) is 1.52. The smallest absolute Gasteiger partial charge is 0.491 e. The predicted octanol–water partition coefficient (Wildman–Crippen LogP) is 1.43. The van der Waals surface area contributed by atoms with E-state index in [1.165, 1.54) is 12.1 Å².